The van der Waals surface area contributed by atoms with Gasteiger partial charge in [0, 0.05) is 19.0 Å². The van der Waals surface area contributed by atoms with E-state index in [0.717, 1.165) is 5.56 Å². The molecule has 9 heteroatoms. The molecule has 0 unspecified atom stereocenters. The lowest BCUT2D eigenvalue weighted by molar-refractivity contribution is -0.133. The minimum atomic E-state index is -0.480. The minimum Gasteiger partial charge on any atom is -0.497 e. The fraction of sp³-hybridized carbons (Fsp3) is 0.222. The average Bonchev–Trinajstić information content (AvgIpc) is 3.34. The van der Waals surface area contributed by atoms with E-state index < -0.39 is 23.8 Å². The SMILES string of the molecule is COc1ccc([C@@H]2CC(c3ccccc3F)=NN2C(=O)CN(C)C(=O)Nc2ccccc2OC)cc1. The van der Waals surface area contributed by atoms with E-state index in [1.165, 1.54) is 30.1 Å². The number of hydrogen-bond acceptors (Lipinski definition) is 5. The van der Waals surface area contributed by atoms with Crippen molar-refractivity contribution in [2.75, 3.05) is 33.1 Å². The first-order valence-corrected chi connectivity index (χ1v) is 11.3. The first kappa shape index (κ1) is 24.7. The van der Waals surface area contributed by atoms with Crippen molar-refractivity contribution in [2.24, 2.45) is 5.10 Å². The van der Waals surface area contributed by atoms with Crippen LogP contribution in [0.5, 0.6) is 11.5 Å². The van der Waals surface area contributed by atoms with Crippen molar-refractivity contribution in [1.82, 2.24) is 9.91 Å². The van der Waals surface area contributed by atoms with Gasteiger partial charge in [-0.25, -0.2) is 14.2 Å². The molecule has 0 bridgehead atoms. The Morgan fingerprint density at radius 3 is 2.42 bits per heavy atom. The summed E-state index contributed by atoms with van der Waals surface area (Å²) in [5.74, 6) is 0.369. The number of halogens is 1. The molecule has 1 aliphatic rings. The number of nitrogens with zero attached hydrogens (tertiary/aromatic N) is 3. The Bertz CT molecular complexity index is 1280. The molecule has 3 aromatic rings. The number of nitrogens with one attached hydrogen (secondary N) is 1. The largest absolute Gasteiger partial charge is 0.497 e. The topological polar surface area (TPSA) is 83.5 Å². The van der Waals surface area contributed by atoms with Gasteiger partial charge in [0.2, 0.25) is 0 Å². The molecule has 36 heavy (non-hydrogen) atoms. The summed E-state index contributed by atoms with van der Waals surface area (Å²) in [6.45, 7) is -0.234. The second-order valence-corrected chi connectivity index (χ2v) is 8.24. The maximum atomic E-state index is 14.5. The summed E-state index contributed by atoms with van der Waals surface area (Å²) in [5.41, 5.74) is 2.11. The molecule has 1 aliphatic heterocycles. The summed E-state index contributed by atoms with van der Waals surface area (Å²) in [5, 5.41) is 8.57. The Labute approximate surface area is 208 Å². The molecule has 0 spiro atoms. The van der Waals surface area contributed by atoms with Gasteiger partial charge in [0.25, 0.3) is 5.91 Å². The average molecular weight is 491 g/mol. The number of carbonyl (C=O) groups is 2. The Balaban J connectivity index is 1.55. The van der Waals surface area contributed by atoms with Gasteiger partial charge in [-0.2, -0.15) is 5.10 Å². The quantitative estimate of drug-likeness (QED) is 0.521. The standard InChI is InChI=1S/C27H27FN4O4/c1-31(27(34)29-22-10-6-7-11-25(22)36-3)17-26(33)32-24(18-12-14-19(35-2)15-13-18)16-23(30-32)20-8-4-5-9-21(20)28/h4-15,24H,16-17H2,1-3H3,(H,29,34)/t24-/m0/s1. The van der Waals surface area contributed by atoms with Crippen LogP contribution in [-0.4, -0.2) is 55.4 Å². The molecule has 0 saturated carbocycles. The van der Waals surface area contributed by atoms with E-state index in [2.05, 4.69) is 10.4 Å². The fourth-order valence-electron chi connectivity index (χ4n) is 3.99. The van der Waals surface area contributed by atoms with Crippen molar-refractivity contribution in [1.29, 1.82) is 0 Å². The summed E-state index contributed by atoms with van der Waals surface area (Å²) < 4.78 is 25.0. The van der Waals surface area contributed by atoms with Crippen molar-refractivity contribution in [3.05, 3.63) is 89.7 Å². The zero-order valence-corrected chi connectivity index (χ0v) is 20.3. The van der Waals surface area contributed by atoms with Crippen LogP contribution in [0.1, 0.15) is 23.6 Å². The van der Waals surface area contributed by atoms with Gasteiger partial charge in [0.05, 0.1) is 31.7 Å². The van der Waals surface area contributed by atoms with E-state index in [0.29, 0.717) is 34.9 Å². The van der Waals surface area contributed by atoms with Crippen LogP contribution in [0.3, 0.4) is 0 Å². The fourth-order valence-corrected chi connectivity index (χ4v) is 3.99. The Kier molecular flexibility index (Phi) is 7.48. The molecule has 0 aromatic heterocycles. The highest BCUT2D eigenvalue weighted by Crippen LogP contribution is 2.34. The summed E-state index contributed by atoms with van der Waals surface area (Å²) in [6, 6.07) is 19.7. The summed E-state index contributed by atoms with van der Waals surface area (Å²) in [4.78, 5) is 27.4. The summed E-state index contributed by atoms with van der Waals surface area (Å²) in [7, 11) is 4.60. The number of likely N-dealkylation sites (N-methyl/N-ethyl adjacent to an activating group) is 1. The van der Waals surface area contributed by atoms with Crippen LogP contribution in [0.2, 0.25) is 0 Å². The molecule has 0 aliphatic carbocycles. The molecule has 3 aromatic carbocycles. The van der Waals surface area contributed by atoms with Crippen LogP contribution in [0.25, 0.3) is 0 Å². The van der Waals surface area contributed by atoms with Gasteiger partial charge < -0.3 is 19.7 Å². The minimum absolute atomic E-state index is 0.234. The third kappa shape index (κ3) is 5.30. The number of para-hydroxylation sites is 2. The third-order valence-corrected chi connectivity index (χ3v) is 5.92. The van der Waals surface area contributed by atoms with Crippen molar-refractivity contribution >= 4 is 23.3 Å². The van der Waals surface area contributed by atoms with Crippen LogP contribution in [0.4, 0.5) is 14.9 Å². The molecule has 4 rings (SSSR count). The molecule has 0 fully saturated rings. The van der Waals surface area contributed by atoms with E-state index in [-0.39, 0.29) is 6.54 Å². The molecular weight excluding hydrogens is 463 g/mol. The molecule has 186 valence electrons. The lowest BCUT2D eigenvalue weighted by atomic mass is 9.98. The number of rotatable bonds is 7. The molecule has 1 atom stereocenters. The smallest absolute Gasteiger partial charge is 0.322 e. The predicted molar refractivity (Wildman–Crippen MR) is 135 cm³/mol. The maximum absolute atomic E-state index is 14.5. The Hall–Kier alpha value is -4.40. The highest BCUT2D eigenvalue weighted by Gasteiger charge is 2.34. The molecular formula is C27H27FN4O4. The zero-order valence-electron chi connectivity index (χ0n) is 20.3. The second-order valence-electron chi connectivity index (χ2n) is 8.24. The number of urea groups is 1. The van der Waals surface area contributed by atoms with Gasteiger partial charge >= 0.3 is 6.03 Å². The number of benzene rings is 3. The number of hydrazone groups is 1. The third-order valence-electron chi connectivity index (χ3n) is 5.92. The van der Waals surface area contributed by atoms with Crippen molar-refractivity contribution in [3.8, 4) is 11.5 Å². The van der Waals surface area contributed by atoms with E-state index in [9.17, 15) is 14.0 Å². The maximum Gasteiger partial charge on any atom is 0.322 e. The van der Waals surface area contributed by atoms with Gasteiger partial charge in [-0.05, 0) is 35.9 Å². The molecule has 0 saturated heterocycles. The zero-order chi connectivity index (χ0) is 25.7. The van der Waals surface area contributed by atoms with Crippen molar-refractivity contribution in [3.63, 3.8) is 0 Å². The van der Waals surface area contributed by atoms with Gasteiger partial charge in [0.15, 0.2) is 0 Å². The summed E-state index contributed by atoms with van der Waals surface area (Å²) in [6.07, 6.45) is 0.329. The van der Waals surface area contributed by atoms with Crippen molar-refractivity contribution in [2.45, 2.75) is 12.5 Å². The lowest BCUT2D eigenvalue weighted by Crippen LogP contribution is -2.41. The monoisotopic (exact) mass is 490 g/mol. The Morgan fingerprint density at radius 1 is 1.03 bits per heavy atom. The number of anilines is 1. The Morgan fingerprint density at radius 2 is 1.72 bits per heavy atom. The van der Waals surface area contributed by atoms with E-state index in [1.54, 1.807) is 61.7 Å². The lowest BCUT2D eigenvalue weighted by Gasteiger charge is -2.25. The number of carbonyl (C=O) groups excluding carboxylic acids is 2. The van der Waals surface area contributed by atoms with E-state index in [4.69, 9.17) is 9.47 Å². The van der Waals surface area contributed by atoms with Gasteiger partial charge in [-0.1, -0.05) is 42.5 Å². The molecule has 0 radical (unpaired) electrons. The normalized spacial score (nSPS) is 14.7. The van der Waals surface area contributed by atoms with Crippen LogP contribution >= 0.6 is 0 Å². The number of hydrogen-bond donors (Lipinski definition) is 1. The highest BCUT2D eigenvalue weighted by molar-refractivity contribution is 6.03. The molecule has 1 heterocycles. The van der Waals surface area contributed by atoms with Gasteiger partial charge in [0.1, 0.15) is 23.9 Å². The van der Waals surface area contributed by atoms with Crippen LogP contribution < -0.4 is 14.8 Å². The molecule has 8 nitrogen and oxygen atoms in total. The highest BCUT2D eigenvalue weighted by atomic mass is 19.1. The molecule has 3 amide bonds. The first-order valence-electron chi connectivity index (χ1n) is 11.3. The van der Waals surface area contributed by atoms with Crippen LogP contribution in [-0.2, 0) is 4.79 Å². The number of methoxy groups -OCH3 is 2. The van der Waals surface area contributed by atoms with Gasteiger partial charge in [-0.15, -0.1) is 0 Å². The number of amides is 3. The second kappa shape index (κ2) is 10.9. The van der Waals surface area contributed by atoms with Crippen LogP contribution in [0.15, 0.2) is 77.9 Å². The predicted octanol–water partition coefficient (Wildman–Crippen LogP) is 4.68. The summed E-state index contributed by atoms with van der Waals surface area (Å²) >= 11 is 0. The van der Waals surface area contributed by atoms with Gasteiger partial charge in [-0.3, -0.25) is 4.79 Å². The van der Waals surface area contributed by atoms with Crippen LogP contribution in [0, 0.1) is 5.82 Å². The number of ether oxygens (including phenoxy) is 2. The molecule has 1 N–H and O–H groups in total. The van der Waals surface area contributed by atoms with Crippen molar-refractivity contribution < 1.29 is 23.5 Å². The van der Waals surface area contributed by atoms with E-state index in [1.807, 2.05) is 12.1 Å². The first-order chi connectivity index (χ1) is 17.4. The van der Waals surface area contributed by atoms with E-state index >= 15 is 0 Å².